The van der Waals surface area contributed by atoms with E-state index in [-0.39, 0.29) is 11.3 Å². The summed E-state index contributed by atoms with van der Waals surface area (Å²) in [6, 6.07) is 11.3. The lowest BCUT2D eigenvalue weighted by molar-refractivity contribution is 0.0472. The number of ether oxygens (including phenoxy) is 2. The van der Waals surface area contributed by atoms with Gasteiger partial charge in [0.15, 0.2) is 6.61 Å². The van der Waals surface area contributed by atoms with Crippen LogP contribution >= 0.6 is 0 Å². The zero-order valence-corrected chi connectivity index (χ0v) is 16.7. The van der Waals surface area contributed by atoms with E-state index in [9.17, 15) is 19.2 Å². The number of ketones is 1. The minimum absolute atomic E-state index is 0.165. The van der Waals surface area contributed by atoms with E-state index in [0.717, 1.165) is 11.4 Å². The lowest BCUT2D eigenvalue weighted by Gasteiger charge is -2.10. The van der Waals surface area contributed by atoms with E-state index in [1.54, 1.807) is 37.3 Å². The van der Waals surface area contributed by atoms with E-state index in [0.29, 0.717) is 16.8 Å². The summed E-state index contributed by atoms with van der Waals surface area (Å²) in [6.07, 6.45) is 1.40. The summed E-state index contributed by atoms with van der Waals surface area (Å²) in [5.74, 6) is -1.68. The predicted octanol–water partition coefficient (Wildman–Crippen LogP) is 2.61. The van der Waals surface area contributed by atoms with Gasteiger partial charge < -0.3 is 19.0 Å². The first-order valence-electron chi connectivity index (χ1n) is 9.09. The Morgan fingerprint density at radius 1 is 1.00 bits per heavy atom. The zero-order valence-electron chi connectivity index (χ0n) is 16.7. The van der Waals surface area contributed by atoms with E-state index >= 15 is 0 Å². The smallest absolute Gasteiger partial charge is 0.344 e. The highest BCUT2D eigenvalue weighted by atomic mass is 16.5. The molecule has 3 rings (SSSR count). The fourth-order valence-electron chi connectivity index (χ4n) is 3.18. The Hall–Kier alpha value is -3.94. The molecule has 0 radical (unpaired) electrons. The number of nitrogens with one attached hydrogen (secondary N) is 1. The largest absolute Gasteiger partial charge is 0.465 e. The lowest BCUT2D eigenvalue weighted by atomic mass is 10.1. The van der Waals surface area contributed by atoms with Gasteiger partial charge in [0.2, 0.25) is 5.78 Å². The minimum atomic E-state index is -0.864. The molecule has 8 nitrogen and oxygen atoms in total. The Morgan fingerprint density at radius 3 is 2.33 bits per heavy atom. The molecule has 2 aromatic heterocycles. The highest BCUT2D eigenvalue weighted by molar-refractivity contribution is 6.00. The van der Waals surface area contributed by atoms with Crippen molar-refractivity contribution in [2.24, 2.45) is 0 Å². The van der Waals surface area contributed by atoms with Gasteiger partial charge in [-0.1, -0.05) is 0 Å². The van der Waals surface area contributed by atoms with Gasteiger partial charge in [0.25, 0.3) is 5.56 Å². The molecule has 0 aliphatic rings. The monoisotopic (exact) mass is 408 g/mol. The Morgan fingerprint density at radius 2 is 1.70 bits per heavy atom. The molecular weight excluding hydrogens is 388 g/mol. The number of carbonyl (C=O) groups excluding carboxylic acids is 3. The number of hydrogen-bond donors (Lipinski definition) is 1. The van der Waals surface area contributed by atoms with Crippen LogP contribution in [0.2, 0.25) is 0 Å². The predicted molar refractivity (Wildman–Crippen MR) is 108 cm³/mol. The molecule has 0 atom stereocenters. The molecule has 0 fully saturated rings. The number of H-pyrrole nitrogens is 1. The van der Waals surface area contributed by atoms with Crippen molar-refractivity contribution >= 4 is 17.7 Å². The van der Waals surface area contributed by atoms with Crippen LogP contribution in [0.5, 0.6) is 0 Å². The number of aromatic amines is 1. The number of rotatable bonds is 6. The normalized spacial score (nSPS) is 10.5. The van der Waals surface area contributed by atoms with Crippen LogP contribution in [-0.4, -0.2) is 41.0 Å². The van der Waals surface area contributed by atoms with Crippen LogP contribution in [-0.2, 0) is 9.47 Å². The number of methoxy groups -OCH3 is 1. The second-order valence-corrected chi connectivity index (χ2v) is 6.57. The highest BCUT2D eigenvalue weighted by Crippen LogP contribution is 2.22. The zero-order chi connectivity index (χ0) is 21.8. The number of pyridine rings is 1. The summed E-state index contributed by atoms with van der Waals surface area (Å²) >= 11 is 0. The molecule has 30 heavy (non-hydrogen) atoms. The number of aryl methyl sites for hydroxylation is 1. The van der Waals surface area contributed by atoms with Crippen LogP contribution < -0.4 is 5.56 Å². The van der Waals surface area contributed by atoms with Crippen molar-refractivity contribution < 1.29 is 23.9 Å². The van der Waals surface area contributed by atoms with Gasteiger partial charge in [-0.25, -0.2) is 9.59 Å². The highest BCUT2D eigenvalue weighted by Gasteiger charge is 2.19. The van der Waals surface area contributed by atoms with Crippen molar-refractivity contribution in [1.82, 2.24) is 9.55 Å². The Balaban J connectivity index is 1.78. The number of Topliss-reactive ketones (excluding diaryl/α,β-unsaturated/α-hetero) is 1. The van der Waals surface area contributed by atoms with Crippen LogP contribution in [0.15, 0.2) is 53.5 Å². The Bertz CT molecular complexity index is 1170. The van der Waals surface area contributed by atoms with Crippen LogP contribution in [0.3, 0.4) is 0 Å². The van der Waals surface area contributed by atoms with Crippen molar-refractivity contribution in [2.75, 3.05) is 13.7 Å². The molecule has 8 heteroatoms. The summed E-state index contributed by atoms with van der Waals surface area (Å²) in [5.41, 5.74) is 2.31. The van der Waals surface area contributed by atoms with E-state index in [4.69, 9.17) is 9.47 Å². The molecule has 2 heterocycles. The summed E-state index contributed by atoms with van der Waals surface area (Å²) in [5, 5.41) is 0. The topological polar surface area (TPSA) is 107 Å². The average Bonchev–Trinajstić information content (AvgIpc) is 3.05. The first kappa shape index (κ1) is 20.8. The van der Waals surface area contributed by atoms with Crippen molar-refractivity contribution in [3.05, 3.63) is 87.1 Å². The molecule has 0 aliphatic heterocycles. The first-order chi connectivity index (χ1) is 14.3. The lowest BCUT2D eigenvalue weighted by Crippen LogP contribution is -2.21. The molecule has 0 amide bonds. The first-order valence-corrected chi connectivity index (χ1v) is 9.09. The van der Waals surface area contributed by atoms with Crippen molar-refractivity contribution in [3.63, 3.8) is 0 Å². The van der Waals surface area contributed by atoms with Crippen molar-refractivity contribution in [2.45, 2.75) is 13.8 Å². The third-order valence-electron chi connectivity index (χ3n) is 4.65. The van der Waals surface area contributed by atoms with Gasteiger partial charge in [0.05, 0.1) is 12.7 Å². The number of esters is 2. The molecule has 0 unspecified atom stereocenters. The summed E-state index contributed by atoms with van der Waals surface area (Å²) in [4.78, 5) is 50.3. The molecule has 1 N–H and O–H groups in total. The van der Waals surface area contributed by atoms with Crippen molar-refractivity contribution in [1.29, 1.82) is 0 Å². The SMILES string of the molecule is COC(=O)c1ccc(-n2c(C)cc(C(=O)COC(=O)c3ccc[nH]c3=O)c2C)cc1. The number of aromatic nitrogens is 2. The fraction of sp³-hybridized carbons (Fsp3) is 0.182. The average molecular weight is 408 g/mol. The maximum absolute atomic E-state index is 12.6. The molecule has 0 saturated carbocycles. The Labute approximate surface area is 172 Å². The molecular formula is C22H20N2O6. The van der Waals surface area contributed by atoms with Gasteiger partial charge in [-0.3, -0.25) is 9.59 Å². The van der Waals surface area contributed by atoms with E-state index in [2.05, 4.69) is 4.98 Å². The standard InChI is InChI=1S/C22H20N2O6/c1-13-11-18(19(25)12-30-22(28)17-5-4-10-23-20(17)26)14(2)24(13)16-8-6-15(7-9-16)21(27)29-3/h4-11H,12H2,1-3H3,(H,23,26). The molecule has 0 bridgehead atoms. The summed E-state index contributed by atoms with van der Waals surface area (Å²) in [7, 11) is 1.31. The van der Waals surface area contributed by atoms with E-state index in [1.807, 2.05) is 11.5 Å². The number of hydrogen-bond acceptors (Lipinski definition) is 6. The van der Waals surface area contributed by atoms with Crippen LogP contribution in [0.4, 0.5) is 0 Å². The third kappa shape index (κ3) is 4.07. The third-order valence-corrected chi connectivity index (χ3v) is 4.65. The number of benzene rings is 1. The van der Waals surface area contributed by atoms with E-state index in [1.165, 1.54) is 25.4 Å². The van der Waals surface area contributed by atoms with Gasteiger partial charge >= 0.3 is 11.9 Å². The summed E-state index contributed by atoms with van der Waals surface area (Å²) in [6.45, 7) is 3.13. The maximum atomic E-state index is 12.6. The second-order valence-electron chi connectivity index (χ2n) is 6.57. The van der Waals surface area contributed by atoms with Crippen molar-refractivity contribution in [3.8, 4) is 5.69 Å². The van der Waals surface area contributed by atoms with E-state index < -0.39 is 24.1 Å². The van der Waals surface area contributed by atoms with Gasteiger partial charge in [-0.15, -0.1) is 0 Å². The second kappa shape index (κ2) is 8.60. The molecule has 3 aromatic rings. The fourth-order valence-corrected chi connectivity index (χ4v) is 3.18. The molecule has 0 spiro atoms. The van der Waals surface area contributed by atoms with Gasteiger partial charge in [-0.2, -0.15) is 0 Å². The minimum Gasteiger partial charge on any atom is -0.465 e. The van der Waals surface area contributed by atoms with Gasteiger partial charge in [-0.05, 0) is 56.3 Å². The van der Waals surface area contributed by atoms with Gasteiger partial charge in [0.1, 0.15) is 5.56 Å². The van der Waals surface area contributed by atoms with Crippen LogP contribution in [0.1, 0.15) is 42.5 Å². The van der Waals surface area contributed by atoms with Crippen LogP contribution in [0, 0.1) is 13.8 Å². The number of nitrogens with zero attached hydrogens (tertiary/aromatic N) is 1. The summed E-state index contributed by atoms with van der Waals surface area (Å²) < 4.78 is 11.6. The molecule has 0 saturated heterocycles. The van der Waals surface area contributed by atoms with Crippen LogP contribution in [0.25, 0.3) is 5.69 Å². The molecule has 0 aliphatic carbocycles. The Kier molecular flexibility index (Phi) is 5.96. The molecule has 154 valence electrons. The quantitative estimate of drug-likeness (QED) is 0.496. The molecule has 1 aromatic carbocycles. The number of carbonyl (C=O) groups is 3. The van der Waals surface area contributed by atoms with Gasteiger partial charge in [0, 0.05) is 28.8 Å². The maximum Gasteiger partial charge on any atom is 0.344 e.